The van der Waals surface area contributed by atoms with Gasteiger partial charge in [-0.1, -0.05) is 296 Å². The summed E-state index contributed by atoms with van der Waals surface area (Å²) < 4.78 is 0. The van der Waals surface area contributed by atoms with E-state index in [1.165, 1.54) is 270 Å². The van der Waals surface area contributed by atoms with Gasteiger partial charge < -0.3 is 10.2 Å². The van der Waals surface area contributed by atoms with E-state index in [2.05, 4.69) is 26.0 Å². The van der Waals surface area contributed by atoms with Gasteiger partial charge in [-0.05, 0) is 38.5 Å². The van der Waals surface area contributed by atoms with Crippen molar-refractivity contribution in [3.8, 4) is 0 Å². The molecule has 2 atom stereocenters. The predicted octanol–water partition coefficient (Wildman–Crippen LogP) is 19.4. The van der Waals surface area contributed by atoms with Gasteiger partial charge in [-0.15, -0.1) is 0 Å². The molecule has 3 heteroatoms. The Morgan fingerprint density at radius 1 is 0.328 bits per heavy atom. The van der Waals surface area contributed by atoms with Crippen LogP contribution in [0.2, 0.25) is 0 Å². The monoisotopic (exact) mass is 817 g/mol. The molecule has 2 N–H and O–H groups in total. The SMILES string of the molecule is CCCCCCCCCCCCCCCC/C=C\CCCCCCCCCCCCCCC(O)C(CCCCCCCCCCCCCCCCCCCC)C(=O)O. The Balaban J connectivity index is 3.42. The van der Waals surface area contributed by atoms with Gasteiger partial charge in [-0.3, -0.25) is 4.79 Å². The molecule has 0 aliphatic carbocycles. The van der Waals surface area contributed by atoms with Crippen LogP contribution in [0.15, 0.2) is 12.2 Å². The molecule has 0 aliphatic rings. The molecule has 2 unspecified atom stereocenters. The third-order valence-corrected chi connectivity index (χ3v) is 13.2. The highest BCUT2D eigenvalue weighted by molar-refractivity contribution is 5.70. The summed E-state index contributed by atoms with van der Waals surface area (Å²) in [6.07, 6.45) is 67.9. The van der Waals surface area contributed by atoms with Crippen LogP contribution in [0, 0.1) is 5.92 Å². The molecule has 0 aromatic heterocycles. The van der Waals surface area contributed by atoms with Crippen molar-refractivity contribution in [2.45, 2.75) is 328 Å². The van der Waals surface area contributed by atoms with E-state index in [4.69, 9.17) is 0 Å². The van der Waals surface area contributed by atoms with Crippen molar-refractivity contribution < 1.29 is 15.0 Å². The van der Waals surface area contributed by atoms with Crippen LogP contribution >= 0.6 is 0 Å². The van der Waals surface area contributed by atoms with Gasteiger partial charge in [0.05, 0.1) is 12.0 Å². The Morgan fingerprint density at radius 2 is 0.534 bits per heavy atom. The number of allylic oxidation sites excluding steroid dienone is 2. The Labute approximate surface area is 366 Å². The smallest absolute Gasteiger partial charge is 0.309 e. The van der Waals surface area contributed by atoms with Crippen molar-refractivity contribution in [1.29, 1.82) is 0 Å². The van der Waals surface area contributed by atoms with Crippen LogP contribution in [-0.4, -0.2) is 22.3 Å². The molecule has 0 spiro atoms. The fourth-order valence-corrected chi connectivity index (χ4v) is 9.02. The zero-order valence-electron chi connectivity index (χ0n) is 40.1. The summed E-state index contributed by atoms with van der Waals surface area (Å²) in [5, 5.41) is 20.4. The summed E-state index contributed by atoms with van der Waals surface area (Å²) in [4.78, 5) is 11.9. The summed E-state index contributed by atoms with van der Waals surface area (Å²) in [5.74, 6) is -1.39. The van der Waals surface area contributed by atoms with Gasteiger partial charge in [0.25, 0.3) is 0 Å². The maximum absolute atomic E-state index is 11.9. The number of hydrogen-bond acceptors (Lipinski definition) is 2. The number of aliphatic hydroxyl groups excluding tert-OH is 1. The average Bonchev–Trinajstić information content (AvgIpc) is 3.22. The molecule has 0 saturated heterocycles. The molecule has 0 radical (unpaired) electrons. The van der Waals surface area contributed by atoms with Crippen molar-refractivity contribution in [2.24, 2.45) is 5.92 Å². The molecule has 0 fully saturated rings. The molecular formula is C55H108O3. The maximum atomic E-state index is 11.9. The number of hydrogen-bond donors (Lipinski definition) is 2. The second-order valence-corrected chi connectivity index (χ2v) is 19.0. The van der Waals surface area contributed by atoms with E-state index in [1.54, 1.807) is 0 Å². The zero-order valence-corrected chi connectivity index (χ0v) is 40.1. The van der Waals surface area contributed by atoms with E-state index < -0.39 is 18.0 Å². The minimum absolute atomic E-state index is 0.582. The van der Waals surface area contributed by atoms with E-state index in [-0.39, 0.29) is 0 Å². The first-order valence-electron chi connectivity index (χ1n) is 27.2. The van der Waals surface area contributed by atoms with E-state index >= 15 is 0 Å². The van der Waals surface area contributed by atoms with Gasteiger partial charge in [0, 0.05) is 0 Å². The summed E-state index contributed by atoms with van der Waals surface area (Å²) in [6.45, 7) is 4.59. The first-order chi connectivity index (χ1) is 28.6. The summed E-state index contributed by atoms with van der Waals surface area (Å²) >= 11 is 0. The molecule has 0 aromatic rings. The van der Waals surface area contributed by atoms with Crippen LogP contribution in [0.4, 0.5) is 0 Å². The summed E-state index contributed by atoms with van der Waals surface area (Å²) in [6, 6.07) is 0. The van der Waals surface area contributed by atoms with Crippen molar-refractivity contribution in [1.82, 2.24) is 0 Å². The second kappa shape index (κ2) is 50.5. The van der Waals surface area contributed by atoms with Crippen molar-refractivity contribution in [3.63, 3.8) is 0 Å². The number of unbranched alkanes of at least 4 members (excludes halogenated alkanes) is 43. The highest BCUT2D eigenvalue weighted by atomic mass is 16.4. The lowest BCUT2D eigenvalue weighted by molar-refractivity contribution is -0.146. The first kappa shape index (κ1) is 57.2. The van der Waals surface area contributed by atoms with E-state index in [0.717, 1.165) is 25.7 Å². The molecule has 3 nitrogen and oxygen atoms in total. The van der Waals surface area contributed by atoms with Gasteiger partial charge in [-0.25, -0.2) is 0 Å². The molecule has 0 saturated carbocycles. The van der Waals surface area contributed by atoms with Crippen LogP contribution in [0.25, 0.3) is 0 Å². The minimum Gasteiger partial charge on any atom is -0.481 e. The van der Waals surface area contributed by atoms with E-state index in [9.17, 15) is 15.0 Å². The standard InChI is InChI=1S/C55H108O3/c1-3-5-7-9-11-13-15-17-19-21-23-24-25-26-27-28-29-30-31-32-33-34-36-38-40-42-44-46-48-50-52-54(56)53(55(57)58)51-49-47-45-43-41-39-37-35-22-20-18-16-14-12-10-8-6-4-2/h28-29,53-54,56H,3-27,30-52H2,1-2H3,(H,57,58)/b29-28-. The van der Waals surface area contributed by atoms with Crippen LogP contribution in [-0.2, 0) is 4.79 Å². The van der Waals surface area contributed by atoms with Gasteiger partial charge in [0.1, 0.15) is 0 Å². The lowest BCUT2D eigenvalue weighted by Crippen LogP contribution is -2.28. The van der Waals surface area contributed by atoms with E-state index in [0.29, 0.717) is 12.8 Å². The van der Waals surface area contributed by atoms with Gasteiger partial charge >= 0.3 is 5.97 Å². The predicted molar refractivity (Wildman–Crippen MR) is 259 cm³/mol. The van der Waals surface area contributed by atoms with Crippen LogP contribution < -0.4 is 0 Å². The van der Waals surface area contributed by atoms with Gasteiger partial charge in [-0.2, -0.15) is 0 Å². The Morgan fingerprint density at radius 3 is 0.776 bits per heavy atom. The summed E-state index contributed by atoms with van der Waals surface area (Å²) in [5.41, 5.74) is 0. The number of carbonyl (C=O) groups is 1. The quantitative estimate of drug-likeness (QED) is 0.0475. The molecule has 0 aromatic carbocycles. The van der Waals surface area contributed by atoms with Crippen LogP contribution in [0.5, 0.6) is 0 Å². The minimum atomic E-state index is -0.804. The number of carboxylic acid groups (broad SMARTS) is 1. The average molecular weight is 817 g/mol. The van der Waals surface area contributed by atoms with Crippen LogP contribution in [0.1, 0.15) is 322 Å². The molecular weight excluding hydrogens is 709 g/mol. The third kappa shape index (κ3) is 46.2. The highest BCUT2D eigenvalue weighted by Crippen LogP contribution is 2.22. The van der Waals surface area contributed by atoms with Gasteiger partial charge in [0.15, 0.2) is 0 Å². The Hall–Kier alpha value is -0.830. The topological polar surface area (TPSA) is 57.5 Å². The second-order valence-electron chi connectivity index (χ2n) is 19.0. The third-order valence-electron chi connectivity index (χ3n) is 13.2. The largest absolute Gasteiger partial charge is 0.481 e. The maximum Gasteiger partial charge on any atom is 0.309 e. The highest BCUT2D eigenvalue weighted by Gasteiger charge is 2.25. The van der Waals surface area contributed by atoms with Crippen molar-refractivity contribution in [3.05, 3.63) is 12.2 Å². The number of carboxylic acids is 1. The van der Waals surface area contributed by atoms with Gasteiger partial charge in [0.2, 0.25) is 0 Å². The first-order valence-corrected chi connectivity index (χ1v) is 27.2. The van der Waals surface area contributed by atoms with Crippen molar-refractivity contribution in [2.75, 3.05) is 0 Å². The normalized spacial score (nSPS) is 12.9. The molecule has 346 valence electrons. The number of aliphatic hydroxyl groups is 1. The lowest BCUT2D eigenvalue weighted by atomic mass is 9.91. The number of rotatable bonds is 51. The Kier molecular flexibility index (Phi) is 49.8. The fourth-order valence-electron chi connectivity index (χ4n) is 9.02. The lowest BCUT2D eigenvalue weighted by Gasteiger charge is -2.19. The molecule has 0 heterocycles. The molecule has 0 bridgehead atoms. The molecule has 0 amide bonds. The van der Waals surface area contributed by atoms with E-state index in [1.807, 2.05) is 0 Å². The van der Waals surface area contributed by atoms with Crippen molar-refractivity contribution >= 4 is 5.97 Å². The zero-order chi connectivity index (χ0) is 42.1. The molecule has 0 aliphatic heterocycles. The van der Waals surface area contributed by atoms with Crippen LogP contribution in [0.3, 0.4) is 0 Å². The summed E-state index contributed by atoms with van der Waals surface area (Å²) in [7, 11) is 0. The fraction of sp³-hybridized carbons (Fsp3) is 0.945. The number of aliphatic carboxylic acids is 1. The molecule has 0 rings (SSSR count). The Bertz CT molecular complexity index is 792. The molecule has 58 heavy (non-hydrogen) atoms.